The van der Waals surface area contributed by atoms with Gasteiger partial charge in [-0.1, -0.05) is 36.4 Å². The second-order valence-corrected chi connectivity index (χ2v) is 3.80. The summed E-state index contributed by atoms with van der Waals surface area (Å²) >= 11 is 5.81. The molecule has 0 spiro atoms. The molecule has 0 aliphatic rings. The Morgan fingerprint density at radius 2 is 1.31 bits per heavy atom. The second kappa shape index (κ2) is 3.65. The highest BCUT2D eigenvalue weighted by Crippen LogP contribution is 2.30. The van der Waals surface area contributed by atoms with Crippen molar-refractivity contribution >= 4 is 39.3 Å². The monoisotopic (exact) mass is 228 g/mol. The maximum Gasteiger partial charge on any atom is 0.0730 e. The number of hydrogen-bond donors (Lipinski definition) is 1. The van der Waals surface area contributed by atoms with Crippen LogP contribution in [0.5, 0.6) is 0 Å². The molecule has 0 bridgehead atoms. The summed E-state index contributed by atoms with van der Waals surface area (Å²) in [4.78, 5) is 7.33. The average Bonchev–Trinajstić information content (AvgIpc) is 2.36. The van der Waals surface area contributed by atoms with Crippen LogP contribution in [0.3, 0.4) is 0 Å². The number of benzene rings is 2. The Morgan fingerprint density at radius 1 is 0.812 bits per heavy atom. The molecule has 0 aliphatic carbocycles. The molecule has 3 aromatic rings. The van der Waals surface area contributed by atoms with Gasteiger partial charge in [0.05, 0.1) is 16.7 Å². The Balaban J connectivity index is 2.56. The molecule has 1 aromatic heterocycles. The van der Waals surface area contributed by atoms with Crippen molar-refractivity contribution in [2.45, 2.75) is 0 Å². The zero-order valence-corrected chi connectivity index (χ0v) is 9.20. The van der Waals surface area contributed by atoms with Crippen molar-refractivity contribution in [2.75, 3.05) is 4.84 Å². The fourth-order valence-corrected chi connectivity index (χ4v) is 2.15. The number of fused-ring (bicyclic) bond motifs is 2. The highest BCUT2D eigenvalue weighted by molar-refractivity contribution is 6.28. The molecule has 2 aromatic carbocycles. The minimum atomic E-state index is 0.919. The van der Waals surface area contributed by atoms with E-state index >= 15 is 0 Å². The SMILES string of the molecule is ClNc1c2ccccc2nc2ccccc12. The van der Waals surface area contributed by atoms with Gasteiger partial charge in [0, 0.05) is 22.5 Å². The molecule has 0 atom stereocenters. The molecule has 0 unspecified atom stereocenters. The molecule has 78 valence electrons. The van der Waals surface area contributed by atoms with Crippen molar-refractivity contribution < 1.29 is 0 Å². The normalized spacial score (nSPS) is 10.8. The minimum Gasteiger partial charge on any atom is -0.297 e. The molecule has 0 amide bonds. The minimum absolute atomic E-state index is 0.919. The highest BCUT2D eigenvalue weighted by Gasteiger charge is 2.06. The van der Waals surface area contributed by atoms with Gasteiger partial charge >= 0.3 is 0 Å². The van der Waals surface area contributed by atoms with E-state index in [1.54, 1.807) is 0 Å². The molecule has 0 radical (unpaired) electrons. The number of nitrogens with zero attached hydrogens (tertiary/aromatic N) is 1. The molecule has 0 saturated heterocycles. The zero-order chi connectivity index (χ0) is 11.0. The van der Waals surface area contributed by atoms with E-state index in [0.717, 1.165) is 27.5 Å². The maximum absolute atomic E-state index is 5.81. The van der Waals surface area contributed by atoms with Crippen LogP contribution in [-0.2, 0) is 0 Å². The lowest BCUT2D eigenvalue weighted by molar-refractivity contribution is 1.50. The molecule has 2 nitrogen and oxygen atoms in total. The topological polar surface area (TPSA) is 24.9 Å². The summed E-state index contributed by atoms with van der Waals surface area (Å²) in [7, 11) is 0. The van der Waals surface area contributed by atoms with Crippen molar-refractivity contribution in [1.82, 2.24) is 4.98 Å². The first kappa shape index (κ1) is 9.43. The molecular formula is C13H9ClN2. The lowest BCUT2D eigenvalue weighted by atomic mass is 10.1. The Labute approximate surface area is 98.0 Å². The number of halogens is 1. The Kier molecular flexibility index (Phi) is 2.15. The maximum atomic E-state index is 5.81. The van der Waals surface area contributed by atoms with Crippen LogP contribution in [0, 0.1) is 0 Å². The third-order valence-electron chi connectivity index (χ3n) is 2.68. The first-order chi connectivity index (χ1) is 7.90. The van der Waals surface area contributed by atoms with E-state index in [4.69, 9.17) is 11.8 Å². The molecule has 3 heteroatoms. The lowest BCUT2D eigenvalue weighted by Gasteiger charge is -2.08. The smallest absolute Gasteiger partial charge is 0.0730 e. The third kappa shape index (κ3) is 1.31. The molecule has 16 heavy (non-hydrogen) atoms. The first-order valence-electron chi connectivity index (χ1n) is 5.04. The van der Waals surface area contributed by atoms with Crippen molar-refractivity contribution in [3.8, 4) is 0 Å². The number of nitrogens with one attached hydrogen (secondary N) is 1. The molecular weight excluding hydrogens is 220 g/mol. The highest BCUT2D eigenvalue weighted by atomic mass is 35.5. The molecule has 0 saturated carbocycles. The van der Waals surface area contributed by atoms with Crippen LogP contribution in [0.4, 0.5) is 5.69 Å². The van der Waals surface area contributed by atoms with E-state index in [9.17, 15) is 0 Å². The van der Waals surface area contributed by atoms with Gasteiger partial charge in [0.25, 0.3) is 0 Å². The number of pyridine rings is 1. The summed E-state index contributed by atoms with van der Waals surface area (Å²) < 4.78 is 0. The van der Waals surface area contributed by atoms with Crippen LogP contribution in [0.25, 0.3) is 21.8 Å². The number of anilines is 1. The van der Waals surface area contributed by atoms with Crippen LogP contribution >= 0.6 is 11.8 Å². The standard InChI is InChI=1S/C13H9ClN2/c14-16-13-9-5-1-3-7-11(9)15-12-8-4-2-6-10(12)13/h1-8H,(H,15,16). The van der Waals surface area contributed by atoms with Crippen molar-refractivity contribution in [1.29, 1.82) is 0 Å². The predicted octanol–water partition coefficient (Wildman–Crippen LogP) is 3.95. The molecule has 3 rings (SSSR count). The molecule has 1 N–H and O–H groups in total. The summed E-state index contributed by atoms with van der Waals surface area (Å²) in [6.45, 7) is 0. The van der Waals surface area contributed by atoms with E-state index in [0.29, 0.717) is 0 Å². The van der Waals surface area contributed by atoms with Crippen LogP contribution in [0.1, 0.15) is 0 Å². The van der Waals surface area contributed by atoms with Crippen molar-refractivity contribution in [3.05, 3.63) is 48.5 Å². The molecule has 1 heterocycles. The van der Waals surface area contributed by atoms with E-state index in [2.05, 4.69) is 9.82 Å². The largest absolute Gasteiger partial charge is 0.297 e. The van der Waals surface area contributed by atoms with Gasteiger partial charge in [-0.2, -0.15) is 0 Å². The van der Waals surface area contributed by atoms with Gasteiger partial charge in [0.1, 0.15) is 0 Å². The van der Waals surface area contributed by atoms with Crippen LogP contribution < -0.4 is 4.84 Å². The Morgan fingerprint density at radius 3 is 1.81 bits per heavy atom. The van der Waals surface area contributed by atoms with Crippen LogP contribution in [-0.4, -0.2) is 4.98 Å². The summed E-state index contributed by atoms with van der Waals surface area (Å²) in [5.41, 5.74) is 2.82. The van der Waals surface area contributed by atoms with Gasteiger partial charge in [-0.3, -0.25) is 4.84 Å². The third-order valence-corrected chi connectivity index (χ3v) is 2.87. The summed E-state index contributed by atoms with van der Waals surface area (Å²) in [5.74, 6) is 0. The van der Waals surface area contributed by atoms with Crippen LogP contribution in [0.15, 0.2) is 48.5 Å². The number of rotatable bonds is 1. The Hall–Kier alpha value is -1.80. The predicted molar refractivity (Wildman–Crippen MR) is 68.7 cm³/mol. The number of para-hydroxylation sites is 2. The molecule has 0 fully saturated rings. The molecule has 0 aliphatic heterocycles. The fraction of sp³-hybridized carbons (Fsp3) is 0. The average molecular weight is 229 g/mol. The quantitative estimate of drug-likeness (QED) is 0.504. The van der Waals surface area contributed by atoms with E-state index < -0.39 is 0 Å². The zero-order valence-electron chi connectivity index (χ0n) is 8.44. The first-order valence-corrected chi connectivity index (χ1v) is 5.42. The van der Waals surface area contributed by atoms with E-state index in [1.807, 2.05) is 48.5 Å². The van der Waals surface area contributed by atoms with Gasteiger partial charge in [-0.15, -0.1) is 0 Å². The van der Waals surface area contributed by atoms with Crippen LogP contribution in [0.2, 0.25) is 0 Å². The van der Waals surface area contributed by atoms with Gasteiger partial charge in [-0.05, 0) is 12.1 Å². The van der Waals surface area contributed by atoms with Gasteiger partial charge in [0.15, 0.2) is 0 Å². The van der Waals surface area contributed by atoms with Crippen molar-refractivity contribution in [3.63, 3.8) is 0 Å². The summed E-state index contributed by atoms with van der Waals surface area (Å²) in [5, 5.41) is 2.08. The fourth-order valence-electron chi connectivity index (χ4n) is 1.94. The second-order valence-electron chi connectivity index (χ2n) is 3.62. The summed E-state index contributed by atoms with van der Waals surface area (Å²) in [6.07, 6.45) is 0. The number of hydrogen-bond acceptors (Lipinski definition) is 2. The van der Waals surface area contributed by atoms with Gasteiger partial charge in [-0.25, -0.2) is 4.98 Å². The van der Waals surface area contributed by atoms with E-state index in [1.165, 1.54) is 0 Å². The number of aromatic nitrogens is 1. The lowest BCUT2D eigenvalue weighted by Crippen LogP contribution is -1.89. The van der Waals surface area contributed by atoms with Gasteiger partial charge in [0.2, 0.25) is 0 Å². The Bertz CT molecular complexity index is 610. The van der Waals surface area contributed by atoms with Crippen molar-refractivity contribution in [2.24, 2.45) is 0 Å². The van der Waals surface area contributed by atoms with Gasteiger partial charge < -0.3 is 0 Å². The van der Waals surface area contributed by atoms with E-state index in [-0.39, 0.29) is 0 Å². The summed E-state index contributed by atoms with van der Waals surface area (Å²) in [6, 6.07) is 15.9.